The van der Waals surface area contributed by atoms with Crippen LogP contribution in [0.15, 0.2) is 29.8 Å². The Bertz CT molecular complexity index is 514. The number of hydrogen-bond acceptors (Lipinski definition) is 2. The molecule has 3 rings (SSSR count). The molecule has 0 bridgehead atoms. The molecule has 0 aromatic heterocycles. The summed E-state index contributed by atoms with van der Waals surface area (Å²) >= 11 is 5.69. The molecule has 0 saturated carbocycles. The zero-order chi connectivity index (χ0) is 14.1. The quantitative estimate of drug-likeness (QED) is 0.894. The number of aromatic hydroxyl groups is 1. The molecule has 20 heavy (non-hydrogen) atoms. The topological polar surface area (TPSA) is 23.5 Å². The molecule has 1 aromatic rings. The molecule has 1 N–H and O–H groups in total. The van der Waals surface area contributed by atoms with Gasteiger partial charge in [-0.25, -0.2) is 0 Å². The number of benzene rings is 1. The van der Waals surface area contributed by atoms with Crippen LogP contribution in [0.5, 0.6) is 5.75 Å². The summed E-state index contributed by atoms with van der Waals surface area (Å²) in [6.07, 6.45) is 5.69. The minimum atomic E-state index is 0.395. The van der Waals surface area contributed by atoms with Crippen LogP contribution in [0, 0.1) is 5.92 Å². The first-order valence-corrected chi connectivity index (χ1v) is 7.95. The minimum absolute atomic E-state index is 0.395. The van der Waals surface area contributed by atoms with Crippen LogP contribution in [0.1, 0.15) is 36.8 Å². The van der Waals surface area contributed by atoms with Crippen LogP contribution < -0.4 is 0 Å². The van der Waals surface area contributed by atoms with Gasteiger partial charge in [-0.05, 0) is 60.9 Å². The smallest absolute Gasteiger partial charge is 0.115 e. The van der Waals surface area contributed by atoms with Gasteiger partial charge in [-0.15, -0.1) is 0 Å². The highest BCUT2D eigenvalue weighted by atomic mass is 35.5. The van der Waals surface area contributed by atoms with Crippen LogP contribution in [0.25, 0.3) is 0 Å². The second-order valence-corrected chi connectivity index (χ2v) is 6.36. The monoisotopic (exact) mass is 291 g/mol. The van der Waals surface area contributed by atoms with E-state index in [0.29, 0.717) is 23.6 Å². The molecule has 1 aromatic carbocycles. The zero-order valence-corrected chi connectivity index (χ0v) is 12.7. The van der Waals surface area contributed by atoms with Crippen LogP contribution in [0.3, 0.4) is 0 Å². The van der Waals surface area contributed by atoms with Crippen LogP contribution >= 0.6 is 11.6 Å². The van der Waals surface area contributed by atoms with E-state index in [1.54, 1.807) is 5.54 Å². The maximum Gasteiger partial charge on any atom is 0.115 e. The lowest BCUT2D eigenvalue weighted by Crippen LogP contribution is -2.50. The Balaban J connectivity index is 1.90. The molecule has 0 radical (unpaired) electrons. The van der Waals surface area contributed by atoms with Crippen molar-refractivity contribution in [3.8, 4) is 5.75 Å². The Morgan fingerprint density at radius 1 is 1.45 bits per heavy atom. The van der Waals surface area contributed by atoms with Crippen molar-refractivity contribution in [1.82, 2.24) is 4.90 Å². The van der Waals surface area contributed by atoms with Crippen molar-refractivity contribution < 1.29 is 5.11 Å². The summed E-state index contributed by atoms with van der Waals surface area (Å²) in [6, 6.07) is 6.50. The molecule has 3 heteroatoms. The number of fused-ring (bicyclic) bond motifs is 2. The molecule has 1 saturated heterocycles. The molecule has 2 nitrogen and oxygen atoms in total. The van der Waals surface area contributed by atoms with Crippen molar-refractivity contribution in [3.63, 3.8) is 0 Å². The summed E-state index contributed by atoms with van der Waals surface area (Å²) in [4.78, 5) is 2.57. The molecule has 1 heterocycles. The third kappa shape index (κ3) is 2.47. The molecular formula is C17H22ClNO. The molecule has 3 atom stereocenters. The average molecular weight is 292 g/mol. The van der Waals surface area contributed by atoms with Gasteiger partial charge in [0.25, 0.3) is 0 Å². The number of phenols is 1. The molecule has 0 amide bonds. The van der Waals surface area contributed by atoms with Gasteiger partial charge < -0.3 is 5.11 Å². The van der Waals surface area contributed by atoms with Crippen LogP contribution in [0.4, 0.5) is 0 Å². The molecule has 1 aliphatic carbocycles. The number of nitrogens with zero attached hydrogens (tertiary/aromatic N) is 1. The van der Waals surface area contributed by atoms with Crippen molar-refractivity contribution in [1.29, 1.82) is 0 Å². The van der Waals surface area contributed by atoms with E-state index in [4.69, 9.17) is 11.6 Å². The fourth-order valence-corrected chi connectivity index (χ4v) is 4.15. The molecule has 1 aliphatic heterocycles. The van der Waals surface area contributed by atoms with E-state index in [1.165, 1.54) is 30.5 Å². The number of piperidine rings is 1. The van der Waals surface area contributed by atoms with E-state index in [0.717, 1.165) is 13.0 Å². The van der Waals surface area contributed by atoms with Crippen molar-refractivity contribution >= 4 is 11.6 Å². The lowest BCUT2D eigenvalue weighted by atomic mass is 9.69. The SMILES string of the molecule is CC1c2cc(O)ccc2CC2C1CCCN2CC=CCl. The standard InChI is InChI=1S/C17H22ClNO/c1-12-15-4-2-8-19(9-3-7-18)17(15)10-13-5-6-14(20)11-16(12)13/h3,5-7,11-12,15,17,20H,2,4,8-10H2,1H3. The van der Waals surface area contributed by atoms with Crippen molar-refractivity contribution in [2.75, 3.05) is 13.1 Å². The molecule has 108 valence electrons. The number of hydrogen-bond donors (Lipinski definition) is 1. The number of phenolic OH excluding ortho intramolecular Hbond substituents is 1. The van der Waals surface area contributed by atoms with E-state index in [1.807, 2.05) is 18.2 Å². The Kier molecular flexibility index (Phi) is 4.04. The third-order valence-electron chi connectivity index (χ3n) is 5.07. The second-order valence-electron chi connectivity index (χ2n) is 6.11. The van der Waals surface area contributed by atoms with Gasteiger partial charge in [0.1, 0.15) is 5.75 Å². The molecular weight excluding hydrogens is 270 g/mol. The summed E-state index contributed by atoms with van der Waals surface area (Å²) in [5.41, 5.74) is 4.38. The Hall–Kier alpha value is -0.990. The first kappa shape index (κ1) is 14.0. The van der Waals surface area contributed by atoms with Gasteiger partial charge in [-0.3, -0.25) is 4.90 Å². The summed E-state index contributed by atoms with van der Waals surface area (Å²) in [6.45, 7) is 4.43. The Morgan fingerprint density at radius 2 is 2.30 bits per heavy atom. The number of likely N-dealkylation sites (tertiary alicyclic amines) is 1. The average Bonchev–Trinajstić information content (AvgIpc) is 2.46. The summed E-state index contributed by atoms with van der Waals surface area (Å²) in [5.74, 6) is 1.62. The highest BCUT2D eigenvalue weighted by molar-refractivity contribution is 6.25. The van der Waals surface area contributed by atoms with E-state index in [9.17, 15) is 5.11 Å². The molecule has 3 unspecified atom stereocenters. The van der Waals surface area contributed by atoms with E-state index < -0.39 is 0 Å². The van der Waals surface area contributed by atoms with Gasteiger partial charge in [0, 0.05) is 18.1 Å². The summed E-state index contributed by atoms with van der Waals surface area (Å²) < 4.78 is 0. The Morgan fingerprint density at radius 3 is 3.10 bits per heavy atom. The molecule has 2 aliphatic rings. The fraction of sp³-hybridized carbons (Fsp3) is 0.529. The normalized spacial score (nSPS) is 30.2. The molecule has 0 spiro atoms. The Labute approximate surface area is 126 Å². The maximum atomic E-state index is 9.74. The van der Waals surface area contributed by atoms with Gasteiger partial charge in [0.2, 0.25) is 0 Å². The summed E-state index contributed by atoms with van der Waals surface area (Å²) in [5, 5.41) is 9.74. The van der Waals surface area contributed by atoms with Crippen molar-refractivity contribution in [2.45, 2.75) is 38.1 Å². The van der Waals surface area contributed by atoms with Crippen LogP contribution in [0.2, 0.25) is 0 Å². The minimum Gasteiger partial charge on any atom is -0.508 e. The first-order valence-electron chi connectivity index (χ1n) is 7.51. The third-order valence-corrected chi connectivity index (χ3v) is 5.24. The van der Waals surface area contributed by atoms with Gasteiger partial charge >= 0.3 is 0 Å². The number of rotatable bonds is 2. The van der Waals surface area contributed by atoms with Crippen molar-refractivity contribution in [3.05, 3.63) is 40.9 Å². The highest BCUT2D eigenvalue weighted by Gasteiger charge is 2.39. The van der Waals surface area contributed by atoms with Gasteiger partial charge in [-0.2, -0.15) is 0 Å². The van der Waals surface area contributed by atoms with E-state index in [-0.39, 0.29) is 0 Å². The van der Waals surface area contributed by atoms with E-state index in [2.05, 4.69) is 17.9 Å². The maximum absolute atomic E-state index is 9.74. The van der Waals surface area contributed by atoms with Gasteiger partial charge in [0.15, 0.2) is 0 Å². The first-order chi connectivity index (χ1) is 9.70. The molecule has 1 fully saturated rings. The van der Waals surface area contributed by atoms with Gasteiger partial charge in [-0.1, -0.05) is 30.7 Å². The number of halogens is 1. The predicted octanol–water partition coefficient (Wildman–Crippen LogP) is 3.88. The highest BCUT2D eigenvalue weighted by Crippen LogP contribution is 2.43. The predicted molar refractivity (Wildman–Crippen MR) is 83.3 cm³/mol. The van der Waals surface area contributed by atoms with Crippen LogP contribution in [-0.4, -0.2) is 29.1 Å². The lowest BCUT2D eigenvalue weighted by Gasteiger charge is -2.47. The fourth-order valence-electron chi connectivity index (χ4n) is 4.07. The lowest BCUT2D eigenvalue weighted by molar-refractivity contribution is 0.0829. The zero-order valence-electron chi connectivity index (χ0n) is 11.9. The summed E-state index contributed by atoms with van der Waals surface area (Å²) in [7, 11) is 0. The van der Waals surface area contributed by atoms with Crippen molar-refractivity contribution in [2.24, 2.45) is 5.92 Å². The largest absolute Gasteiger partial charge is 0.508 e. The van der Waals surface area contributed by atoms with Crippen LogP contribution in [-0.2, 0) is 6.42 Å². The van der Waals surface area contributed by atoms with Gasteiger partial charge in [0.05, 0.1) is 0 Å². The van der Waals surface area contributed by atoms with E-state index >= 15 is 0 Å². The second kappa shape index (κ2) is 5.79.